The first-order valence-electron chi connectivity index (χ1n) is 15.3. The van der Waals surface area contributed by atoms with Gasteiger partial charge >= 0.3 is 11.8 Å². The van der Waals surface area contributed by atoms with E-state index in [2.05, 4.69) is 57.6 Å². The van der Waals surface area contributed by atoms with Crippen molar-refractivity contribution in [3.05, 3.63) is 0 Å². The second kappa shape index (κ2) is 15.0. The van der Waals surface area contributed by atoms with Gasteiger partial charge in [0.2, 0.25) is 5.91 Å². The Balaban J connectivity index is 1.78. The lowest BCUT2D eigenvalue weighted by Gasteiger charge is -2.53. The Morgan fingerprint density at radius 1 is 0.895 bits per heavy atom. The number of nitrogens with zero attached hydrogens (tertiary/aromatic N) is 1. The van der Waals surface area contributed by atoms with Crippen LogP contribution in [-0.2, 0) is 19.2 Å². The Labute approximate surface area is 230 Å². The first kappa shape index (κ1) is 32.3. The van der Waals surface area contributed by atoms with E-state index in [1.807, 2.05) is 0 Å². The predicted molar refractivity (Wildman–Crippen MR) is 151 cm³/mol. The smallest absolute Gasteiger partial charge is 0.328 e. The summed E-state index contributed by atoms with van der Waals surface area (Å²) >= 11 is 0. The van der Waals surface area contributed by atoms with Crippen LogP contribution in [0, 0.1) is 11.8 Å². The lowest BCUT2D eigenvalue weighted by Crippen LogP contribution is -2.69. The second-order valence-electron chi connectivity index (χ2n) is 12.3. The van der Waals surface area contributed by atoms with Crippen molar-refractivity contribution in [3.8, 4) is 0 Å². The first-order chi connectivity index (χ1) is 18.0. The van der Waals surface area contributed by atoms with Crippen molar-refractivity contribution < 1.29 is 19.2 Å². The summed E-state index contributed by atoms with van der Waals surface area (Å²) in [7, 11) is 0. The summed E-state index contributed by atoms with van der Waals surface area (Å²) in [4.78, 5) is 50.8. The maximum atomic E-state index is 12.8. The highest BCUT2D eigenvalue weighted by Crippen LogP contribution is 2.37. The number of hydrogen-bond acceptors (Lipinski definition) is 5. The molecule has 0 bridgehead atoms. The average Bonchev–Trinajstić information content (AvgIpc) is 3.15. The largest absolute Gasteiger partial charge is 0.345 e. The molecule has 8 heteroatoms. The van der Waals surface area contributed by atoms with Crippen molar-refractivity contribution in [1.82, 2.24) is 21.1 Å². The molecule has 0 aliphatic carbocycles. The van der Waals surface area contributed by atoms with Crippen LogP contribution in [0.3, 0.4) is 0 Å². The van der Waals surface area contributed by atoms with Crippen LogP contribution in [0.25, 0.3) is 0 Å². The molecule has 2 aliphatic heterocycles. The fraction of sp³-hybridized carbons (Fsp3) is 0.867. The fourth-order valence-corrected chi connectivity index (χ4v) is 6.08. The van der Waals surface area contributed by atoms with Crippen molar-refractivity contribution in [2.75, 3.05) is 0 Å². The molecule has 218 valence electrons. The molecule has 38 heavy (non-hydrogen) atoms. The van der Waals surface area contributed by atoms with Gasteiger partial charge in [-0.3, -0.25) is 19.2 Å². The number of nitrogens with one attached hydrogen (secondary N) is 3. The molecule has 8 nitrogen and oxygen atoms in total. The van der Waals surface area contributed by atoms with Crippen molar-refractivity contribution >= 4 is 23.6 Å². The molecule has 0 saturated carbocycles. The molecule has 2 rings (SSSR count). The lowest BCUT2D eigenvalue weighted by molar-refractivity contribution is -0.152. The van der Waals surface area contributed by atoms with Crippen LogP contribution in [0.2, 0.25) is 0 Å². The van der Waals surface area contributed by atoms with Gasteiger partial charge in [-0.2, -0.15) is 5.01 Å². The highest BCUT2D eigenvalue weighted by molar-refractivity contribution is 6.35. The van der Waals surface area contributed by atoms with Crippen LogP contribution in [-0.4, -0.2) is 45.8 Å². The quantitative estimate of drug-likeness (QED) is 0.153. The third-order valence-corrected chi connectivity index (χ3v) is 9.26. The number of hydrazine groups is 1. The molecule has 4 amide bonds. The number of unbranched alkanes of at least 4 members (excludes halogenated alkanes) is 9. The van der Waals surface area contributed by atoms with Crippen molar-refractivity contribution in [2.24, 2.45) is 11.8 Å². The number of rotatable bonds is 15. The van der Waals surface area contributed by atoms with Crippen LogP contribution in [0.5, 0.6) is 0 Å². The summed E-state index contributed by atoms with van der Waals surface area (Å²) in [5.41, 5.74) is 1.95. The van der Waals surface area contributed by atoms with E-state index >= 15 is 0 Å². The van der Waals surface area contributed by atoms with Gasteiger partial charge in [-0.25, -0.2) is 5.43 Å². The topological polar surface area (TPSA) is 108 Å². The zero-order valence-electron chi connectivity index (χ0n) is 24.9. The van der Waals surface area contributed by atoms with E-state index in [0.29, 0.717) is 12.8 Å². The zero-order chi connectivity index (χ0) is 28.3. The maximum Gasteiger partial charge on any atom is 0.328 e. The van der Waals surface area contributed by atoms with Gasteiger partial charge in [-0.15, -0.1) is 0 Å². The summed E-state index contributed by atoms with van der Waals surface area (Å²) in [5.74, 6) is -2.93. The summed E-state index contributed by atoms with van der Waals surface area (Å²) in [6.45, 7) is 12.8. The van der Waals surface area contributed by atoms with Gasteiger partial charge in [0.25, 0.3) is 5.91 Å². The van der Waals surface area contributed by atoms with Crippen molar-refractivity contribution in [1.29, 1.82) is 0 Å². The Kier molecular flexibility index (Phi) is 12.7. The van der Waals surface area contributed by atoms with Gasteiger partial charge in [-0.05, 0) is 45.4 Å². The molecule has 2 fully saturated rings. The highest BCUT2D eigenvalue weighted by atomic mass is 16.2. The summed E-state index contributed by atoms with van der Waals surface area (Å²) < 4.78 is 0. The van der Waals surface area contributed by atoms with Crippen LogP contribution in [0.15, 0.2) is 0 Å². The molecule has 0 aromatic heterocycles. The molecule has 2 aliphatic rings. The molecular formula is C30H54N4O4. The normalized spacial score (nSPS) is 29.5. The summed E-state index contributed by atoms with van der Waals surface area (Å²) in [5, 5.41) is 7.41. The third-order valence-electron chi connectivity index (χ3n) is 9.26. The number of amides is 4. The Morgan fingerprint density at radius 3 is 2.03 bits per heavy atom. The van der Waals surface area contributed by atoms with Gasteiger partial charge in [-0.1, -0.05) is 91.9 Å². The zero-order valence-corrected chi connectivity index (χ0v) is 24.9. The minimum Gasteiger partial charge on any atom is -0.345 e. The van der Waals surface area contributed by atoms with Crippen LogP contribution in [0.4, 0.5) is 0 Å². The Morgan fingerprint density at radius 2 is 1.47 bits per heavy atom. The molecule has 0 aromatic carbocycles. The van der Waals surface area contributed by atoms with Gasteiger partial charge in [0.05, 0.1) is 0 Å². The molecule has 0 spiro atoms. The van der Waals surface area contributed by atoms with Gasteiger partial charge in [0.15, 0.2) is 0 Å². The minimum atomic E-state index is -0.964. The highest BCUT2D eigenvalue weighted by Gasteiger charge is 2.47. The number of imide groups is 1. The SMILES string of the molecule is CCCCCCCCCCCCC1CC(=O)N(NC(=O)C(=O)NC2CC(C)(CC)NC(C)(CC)C2C)C1=O. The van der Waals surface area contributed by atoms with Crippen molar-refractivity contribution in [2.45, 2.75) is 155 Å². The first-order valence-corrected chi connectivity index (χ1v) is 15.3. The predicted octanol–water partition coefficient (Wildman–Crippen LogP) is 5.16. The molecule has 0 aromatic rings. The van der Waals surface area contributed by atoms with Crippen LogP contribution in [0.1, 0.15) is 138 Å². The fourth-order valence-electron chi connectivity index (χ4n) is 6.08. The van der Waals surface area contributed by atoms with E-state index in [9.17, 15) is 19.2 Å². The summed E-state index contributed by atoms with van der Waals surface area (Å²) in [6, 6.07) is -0.196. The second-order valence-corrected chi connectivity index (χ2v) is 12.3. The Hall–Kier alpha value is -1.96. The summed E-state index contributed by atoms with van der Waals surface area (Å²) in [6.07, 6.45) is 15.3. The van der Waals surface area contributed by atoms with Gasteiger partial charge in [0, 0.05) is 29.5 Å². The third kappa shape index (κ3) is 8.78. The maximum absolute atomic E-state index is 12.8. The van der Waals surface area contributed by atoms with Crippen LogP contribution >= 0.6 is 0 Å². The molecule has 5 atom stereocenters. The van der Waals surface area contributed by atoms with E-state index in [1.54, 1.807) is 0 Å². The number of carbonyl (C=O) groups is 4. The lowest BCUT2D eigenvalue weighted by atomic mass is 9.69. The van der Waals surface area contributed by atoms with Crippen molar-refractivity contribution in [3.63, 3.8) is 0 Å². The van der Waals surface area contributed by atoms with E-state index in [4.69, 9.17) is 0 Å². The van der Waals surface area contributed by atoms with E-state index in [0.717, 1.165) is 37.1 Å². The average molecular weight is 535 g/mol. The molecule has 0 radical (unpaired) electrons. The number of hydrogen-bond donors (Lipinski definition) is 3. The standard InChI is InChI=1S/C30H54N4O4/c1-7-10-11-12-13-14-15-16-17-18-19-23-20-25(35)34(28(23)38)32-27(37)26(36)31-24-21-29(5,8-2)33-30(6,9-3)22(24)4/h22-24,33H,7-21H2,1-6H3,(H,31,36)(H,32,37). The van der Waals surface area contributed by atoms with Crippen LogP contribution < -0.4 is 16.1 Å². The van der Waals surface area contributed by atoms with E-state index in [1.165, 1.54) is 44.9 Å². The number of carbonyl (C=O) groups excluding carboxylic acids is 4. The number of piperidine rings is 1. The molecule has 5 unspecified atom stereocenters. The van der Waals surface area contributed by atoms with Gasteiger partial charge in [0.1, 0.15) is 0 Å². The van der Waals surface area contributed by atoms with Gasteiger partial charge < -0.3 is 10.6 Å². The minimum absolute atomic E-state index is 0.0905. The molecule has 2 heterocycles. The molecule has 3 N–H and O–H groups in total. The molecule has 2 saturated heterocycles. The van der Waals surface area contributed by atoms with E-state index in [-0.39, 0.29) is 29.5 Å². The monoisotopic (exact) mass is 534 g/mol. The molecular weight excluding hydrogens is 480 g/mol. The Bertz CT molecular complexity index is 818. The van der Waals surface area contributed by atoms with E-state index < -0.39 is 29.5 Å².